The Balaban J connectivity index is 2.59. The molecule has 0 saturated carbocycles. The van der Waals surface area contributed by atoms with E-state index in [0.717, 1.165) is 12.0 Å². The van der Waals surface area contributed by atoms with Crippen molar-refractivity contribution in [2.45, 2.75) is 13.3 Å². The molecule has 0 aromatic carbocycles. The highest BCUT2D eigenvalue weighted by Crippen LogP contribution is 2.11. The zero-order valence-electron chi connectivity index (χ0n) is 8.03. The molecular weight excluding hydrogens is 178 g/mol. The largest absolute Gasteiger partial charge is 0.475 e. The second-order valence-corrected chi connectivity index (χ2v) is 2.92. The van der Waals surface area contributed by atoms with E-state index in [1.807, 2.05) is 13.0 Å². The average molecular weight is 189 g/mol. The van der Waals surface area contributed by atoms with E-state index in [1.54, 1.807) is 6.07 Å². The number of nitriles is 1. The molecule has 0 aliphatic carbocycles. The van der Waals surface area contributed by atoms with Crippen LogP contribution in [0.3, 0.4) is 0 Å². The van der Waals surface area contributed by atoms with E-state index in [4.69, 9.17) is 10.00 Å². The van der Waals surface area contributed by atoms with E-state index in [-0.39, 0.29) is 5.88 Å². The lowest BCUT2D eigenvalue weighted by atomic mass is 10.2. The molecular formula is C10H11N3O. The van der Waals surface area contributed by atoms with Crippen molar-refractivity contribution in [3.63, 3.8) is 0 Å². The SMILES string of the molecule is C=C(C)CCOc1nnccc1C#N. The maximum atomic E-state index is 8.71. The Morgan fingerprint density at radius 2 is 2.50 bits per heavy atom. The molecule has 0 spiro atoms. The molecule has 1 heterocycles. The summed E-state index contributed by atoms with van der Waals surface area (Å²) in [6, 6.07) is 3.56. The Hall–Kier alpha value is -1.89. The van der Waals surface area contributed by atoms with Crippen LogP contribution >= 0.6 is 0 Å². The van der Waals surface area contributed by atoms with Crippen LogP contribution in [0.2, 0.25) is 0 Å². The fourth-order valence-corrected chi connectivity index (χ4v) is 0.832. The standard InChI is InChI=1S/C10H11N3O/c1-8(2)4-6-14-10-9(7-11)3-5-12-13-10/h3,5H,1,4,6H2,2H3. The molecule has 72 valence electrons. The number of aromatic nitrogens is 2. The highest BCUT2D eigenvalue weighted by Gasteiger charge is 2.03. The molecule has 0 bridgehead atoms. The first-order valence-corrected chi connectivity index (χ1v) is 4.23. The lowest BCUT2D eigenvalue weighted by Gasteiger charge is -2.04. The van der Waals surface area contributed by atoms with Crippen molar-refractivity contribution >= 4 is 0 Å². The summed E-state index contributed by atoms with van der Waals surface area (Å²) in [6.07, 6.45) is 2.21. The third-order valence-corrected chi connectivity index (χ3v) is 1.57. The van der Waals surface area contributed by atoms with E-state index in [1.165, 1.54) is 6.20 Å². The molecule has 0 N–H and O–H groups in total. The van der Waals surface area contributed by atoms with Gasteiger partial charge in [0.15, 0.2) is 0 Å². The predicted octanol–water partition coefficient (Wildman–Crippen LogP) is 1.69. The second-order valence-electron chi connectivity index (χ2n) is 2.92. The minimum Gasteiger partial charge on any atom is -0.475 e. The summed E-state index contributed by atoms with van der Waals surface area (Å²) in [7, 11) is 0. The first kappa shape index (κ1) is 10.2. The minimum absolute atomic E-state index is 0.288. The van der Waals surface area contributed by atoms with Gasteiger partial charge in [-0.1, -0.05) is 5.57 Å². The van der Waals surface area contributed by atoms with Crippen molar-refractivity contribution in [3.05, 3.63) is 30.0 Å². The third-order valence-electron chi connectivity index (χ3n) is 1.57. The average Bonchev–Trinajstić information content (AvgIpc) is 2.18. The Bertz CT molecular complexity index is 368. The zero-order chi connectivity index (χ0) is 10.4. The Morgan fingerprint density at radius 1 is 1.71 bits per heavy atom. The summed E-state index contributed by atoms with van der Waals surface area (Å²) < 4.78 is 5.28. The van der Waals surface area contributed by atoms with Crippen LogP contribution in [0.4, 0.5) is 0 Å². The summed E-state index contributed by atoms with van der Waals surface area (Å²) in [5.41, 5.74) is 1.44. The van der Waals surface area contributed by atoms with Gasteiger partial charge >= 0.3 is 0 Å². The van der Waals surface area contributed by atoms with Crippen LogP contribution in [0.25, 0.3) is 0 Å². The fourth-order valence-electron chi connectivity index (χ4n) is 0.832. The lowest BCUT2D eigenvalue weighted by Crippen LogP contribution is -2.02. The lowest BCUT2D eigenvalue weighted by molar-refractivity contribution is 0.304. The van der Waals surface area contributed by atoms with Crippen molar-refractivity contribution in [1.29, 1.82) is 5.26 Å². The summed E-state index contributed by atoms with van der Waals surface area (Å²) in [5, 5.41) is 16.1. The Labute approximate surface area is 82.8 Å². The zero-order valence-corrected chi connectivity index (χ0v) is 8.03. The van der Waals surface area contributed by atoms with Crippen molar-refractivity contribution in [2.75, 3.05) is 6.61 Å². The van der Waals surface area contributed by atoms with E-state index < -0.39 is 0 Å². The molecule has 4 nitrogen and oxygen atoms in total. The van der Waals surface area contributed by atoms with Crippen LogP contribution in [0.15, 0.2) is 24.4 Å². The first-order chi connectivity index (χ1) is 6.74. The van der Waals surface area contributed by atoms with Crippen LogP contribution < -0.4 is 4.74 Å². The molecule has 14 heavy (non-hydrogen) atoms. The molecule has 0 atom stereocenters. The third kappa shape index (κ3) is 2.87. The molecule has 0 radical (unpaired) electrons. The number of nitrogens with zero attached hydrogens (tertiary/aromatic N) is 3. The van der Waals surface area contributed by atoms with Gasteiger partial charge in [0.05, 0.1) is 12.8 Å². The highest BCUT2D eigenvalue weighted by molar-refractivity contribution is 5.35. The molecule has 1 rings (SSSR count). The number of hydrogen-bond donors (Lipinski definition) is 0. The fraction of sp³-hybridized carbons (Fsp3) is 0.300. The van der Waals surface area contributed by atoms with E-state index in [9.17, 15) is 0 Å². The van der Waals surface area contributed by atoms with Crippen molar-refractivity contribution < 1.29 is 4.74 Å². The van der Waals surface area contributed by atoms with Gasteiger partial charge in [0.25, 0.3) is 5.88 Å². The molecule has 1 aromatic heterocycles. The molecule has 0 aliphatic heterocycles. The summed E-state index contributed by atoms with van der Waals surface area (Å²) in [5.74, 6) is 0.288. The van der Waals surface area contributed by atoms with Gasteiger partial charge in [-0.15, -0.1) is 11.7 Å². The van der Waals surface area contributed by atoms with Gasteiger partial charge in [0.2, 0.25) is 0 Å². The number of rotatable bonds is 4. The quantitative estimate of drug-likeness (QED) is 0.676. The monoisotopic (exact) mass is 189 g/mol. The molecule has 0 saturated heterocycles. The normalized spacial score (nSPS) is 9.14. The highest BCUT2D eigenvalue weighted by atomic mass is 16.5. The summed E-state index contributed by atoms with van der Waals surface area (Å²) in [4.78, 5) is 0. The van der Waals surface area contributed by atoms with E-state index in [2.05, 4.69) is 16.8 Å². The van der Waals surface area contributed by atoms with Gasteiger partial charge in [-0.25, -0.2) is 0 Å². The number of ether oxygens (including phenoxy) is 1. The maximum Gasteiger partial charge on any atom is 0.251 e. The van der Waals surface area contributed by atoms with Crippen molar-refractivity contribution in [1.82, 2.24) is 10.2 Å². The van der Waals surface area contributed by atoms with Gasteiger partial charge in [-0.05, 0) is 13.0 Å². The number of hydrogen-bond acceptors (Lipinski definition) is 4. The molecule has 4 heteroatoms. The van der Waals surface area contributed by atoms with Gasteiger partial charge in [0, 0.05) is 6.42 Å². The molecule has 1 aromatic rings. The minimum atomic E-state index is 0.288. The second kappa shape index (κ2) is 4.97. The Kier molecular flexibility index (Phi) is 3.62. The summed E-state index contributed by atoms with van der Waals surface area (Å²) in [6.45, 7) is 6.14. The van der Waals surface area contributed by atoms with Crippen LogP contribution in [0.1, 0.15) is 18.9 Å². The van der Waals surface area contributed by atoms with E-state index in [0.29, 0.717) is 12.2 Å². The van der Waals surface area contributed by atoms with Gasteiger partial charge in [0.1, 0.15) is 11.6 Å². The molecule has 0 aliphatic rings. The molecule has 0 fully saturated rings. The first-order valence-electron chi connectivity index (χ1n) is 4.23. The van der Waals surface area contributed by atoms with Gasteiger partial charge in [-0.3, -0.25) is 0 Å². The van der Waals surface area contributed by atoms with Crippen LogP contribution in [0.5, 0.6) is 5.88 Å². The maximum absolute atomic E-state index is 8.71. The molecule has 0 unspecified atom stereocenters. The predicted molar refractivity (Wildman–Crippen MR) is 51.7 cm³/mol. The van der Waals surface area contributed by atoms with Crippen LogP contribution in [-0.2, 0) is 0 Å². The smallest absolute Gasteiger partial charge is 0.251 e. The van der Waals surface area contributed by atoms with Crippen LogP contribution in [-0.4, -0.2) is 16.8 Å². The van der Waals surface area contributed by atoms with Gasteiger partial charge < -0.3 is 4.74 Å². The van der Waals surface area contributed by atoms with Crippen molar-refractivity contribution in [3.8, 4) is 11.9 Å². The van der Waals surface area contributed by atoms with Crippen LogP contribution in [0, 0.1) is 11.3 Å². The Morgan fingerprint density at radius 3 is 3.14 bits per heavy atom. The van der Waals surface area contributed by atoms with Gasteiger partial charge in [-0.2, -0.15) is 10.4 Å². The van der Waals surface area contributed by atoms with E-state index >= 15 is 0 Å². The van der Waals surface area contributed by atoms with Crippen molar-refractivity contribution in [2.24, 2.45) is 0 Å². The molecule has 0 amide bonds. The summed E-state index contributed by atoms with van der Waals surface area (Å²) >= 11 is 0. The topological polar surface area (TPSA) is 58.8 Å².